The fourth-order valence-electron chi connectivity index (χ4n) is 3.89. The van der Waals surface area contributed by atoms with Gasteiger partial charge in [0.25, 0.3) is 0 Å². The first-order valence-corrected chi connectivity index (χ1v) is 13.3. The molecule has 1 saturated heterocycles. The number of thioether (sulfide) groups is 1. The molecule has 10 heteroatoms. The highest BCUT2D eigenvalue weighted by Crippen LogP contribution is 2.26. The van der Waals surface area contributed by atoms with Crippen LogP contribution in [-0.4, -0.2) is 68.8 Å². The number of carbonyl (C=O) groups is 1. The summed E-state index contributed by atoms with van der Waals surface area (Å²) in [4.78, 5) is 18.7. The Bertz CT molecular complexity index is 1170. The van der Waals surface area contributed by atoms with Gasteiger partial charge in [0, 0.05) is 30.5 Å². The number of aromatic nitrogens is 4. The SMILES string of the molecule is CCN(C(=O)CSc1nnc(-c2ccncc2)n1Cc1ccccc1)[C@H]1CCS(=O)(=O)C1. The Labute approximate surface area is 192 Å². The van der Waals surface area contributed by atoms with E-state index >= 15 is 0 Å². The first-order chi connectivity index (χ1) is 15.5. The third-order valence-corrected chi connectivity index (χ3v) is 8.18. The fraction of sp³-hybridized carbons (Fsp3) is 0.364. The third-order valence-electron chi connectivity index (χ3n) is 5.47. The van der Waals surface area contributed by atoms with Crippen molar-refractivity contribution in [3.05, 3.63) is 60.4 Å². The Morgan fingerprint density at radius 2 is 1.91 bits per heavy atom. The van der Waals surface area contributed by atoms with Crippen LogP contribution in [0.1, 0.15) is 18.9 Å². The summed E-state index contributed by atoms with van der Waals surface area (Å²) in [6.07, 6.45) is 3.92. The first-order valence-electron chi connectivity index (χ1n) is 10.5. The highest BCUT2D eigenvalue weighted by molar-refractivity contribution is 7.99. The number of pyridine rings is 1. The minimum Gasteiger partial charge on any atom is -0.338 e. The van der Waals surface area contributed by atoms with Gasteiger partial charge in [0.15, 0.2) is 20.8 Å². The lowest BCUT2D eigenvalue weighted by Gasteiger charge is -2.26. The van der Waals surface area contributed by atoms with Crippen molar-refractivity contribution in [1.82, 2.24) is 24.6 Å². The molecule has 4 rings (SSSR count). The number of sulfone groups is 1. The van der Waals surface area contributed by atoms with Gasteiger partial charge in [0.05, 0.1) is 23.8 Å². The van der Waals surface area contributed by atoms with E-state index in [1.54, 1.807) is 17.3 Å². The highest BCUT2D eigenvalue weighted by atomic mass is 32.2. The zero-order valence-corrected chi connectivity index (χ0v) is 19.4. The maximum Gasteiger partial charge on any atom is 0.233 e. The fourth-order valence-corrected chi connectivity index (χ4v) is 6.44. The molecule has 8 nitrogen and oxygen atoms in total. The van der Waals surface area contributed by atoms with Gasteiger partial charge in [-0.3, -0.25) is 14.3 Å². The molecule has 0 N–H and O–H groups in total. The summed E-state index contributed by atoms with van der Waals surface area (Å²) >= 11 is 1.33. The molecule has 1 fully saturated rings. The molecular formula is C22H25N5O3S2. The van der Waals surface area contributed by atoms with Gasteiger partial charge < -0.3 is 4.90 Å². The smallest absolute Gasteiger partial charge is 0.233 e. The number of benzene rings is 1. The first kappa shape index (κ1) is 22.5. The Morgan fingerprint density at radius 3 is 2.56 bits per heavy atom. The summed E-state index contributed by atoms with van der Waals surface area (Å²) in [6, 6.07) is 13.5. The second-order valence-corrected chi connectivity index (χ2v) is 10.8. The van der Waals surface area contributed by atoms with Gasteiger partial charge in [-0.2, -0.15) is 0 Å². The van der Waals surface area contributed by atoms with Crippen LogP contribution < -0.4 is 0 Å². The Morgan fingerprint density at radius 1 is 1.16 bits per heavy atom. The van der Waals surface area contributed by atoms with Crippen LogP contribution in [-0.2, 0) is 21.2 Å². The number of nitrogens with zero attached hydrogens (tertiary/aromatic N) is 5. The maximum absolute atomic E-state index is 12.9. The normalized spacial score (nSPS) is 17.3. The van der Waals surface area contributed by atoms with Gasteiger partial charge in [0.1, 0.15) is 0 Å². The van der Waals surface area contributed by atoms with Crippen LogP contribution >= 0.6 is 11.8 Å². The van der Waals surface area contributed by atoms with Crippen LogP contribution in [0, 0.1) is 0 Å². The van der Waals surface area contributed by atoms with E-state index in [2.05, 4.69) is 15.2 Å². The van der Waals surface area contributed by atoms with E-state index in [-0.39, 0.29) is 29.2 Å². The van der Waals surface area contributed by atoms with Crippen molar-refractivity contribution in [1.29, 1.82) is 0 Å². The number of rotatable bonds is 8. The lowest BCUT2D eigenvalue weighted by Crippen LogP contribution is -2.42. The molecule has 3 heterocycles. The summed E-state index contributed by atoms with van der Waals surface area (Å²) < 4.78 is 25.7. The summed E-state index contributed by atoms with van der Waals surface area (Å²) in [6.45, 7) is 2.94. The average Bonchev–Trinajstić information content (AvgIpc) is 3.36. The number of hydrogen-bond donors (Lipinski definition) is 0. The van der Waals surface area contributed by atoms with Crippen LogP contribution in [0.4, 0.5) is 0 Å². The molecule has 0 aliphatic carbocycles. The van der Waals surface area contributed by atoms with E-state index in [1.165, 1.54) is 11.8 Å². The predicted molar refractivity (Wildman–Crippen MR) is 124 cm³/mol. The topological polar surface area (TPSA) is 98.1 Å². The quantitative estimate of drug-likeness (QED) is 0.466. The largest absolute Gasteiger partial charge is 0.338 e. The van der Waals surface area contributed by atoms with E-state index in [0.717, 1.165) is 11.1 Å². The Kier molecular flexibility index (Phi) is 6.90. The van der Waals surface area contributed by atoms with E-state index in [1.807, 2.05) is 54.0 Å². The minimum atomic E-state index is -3.05. The maximum atomic E-state index is 12.9. The molecule has 2 aromatic heterocycles. The predicted octanol–water partition coefficient (Wildman–Crippen LogP) is 2.52. The second kappa shape index (κ2) is 9.83. The van der Waals surface area contributed by atoms with Crippen molar-refractivity contribution in [2.24, 2.45) is 0 Å². The second-order valence-electron chi connectivity index (χ2n) is 7.64. The lowest BCUT2D eigenvalue weighted by atomic mass is 10.2. The summed E-state index contributed by atoms with van der Waals surface area (Å²) in [5.74, 6) is 0.996. The summed E-state index contributed by atoms with van der Waals surface area (Å²) in [7, 11) is -3.05. The zero-order valence-electron chi connectivity index (χ0n) is 17.8. The molecule has 1 amide bonds. The van der Waals surface area contributed by atoms with Crippen LogP contribution in [0.25, 0.3) is 11.4 Å². The summed E-state index contributed by atoms with van der Waals surface area (Å²) in [5, 5.41) is 9.38. The molecule has 1 aliphatic heterocycles. The highest BCUT2D eigenvalue weighted by Gasteiger charge is 2.34. The van der Waals surface area contributed by atoms with E-state index < -0.39 is 9.84 Å². The van der Waals surface area contributed by atoms with Crippen molar-refractivity contribution in [3.8, 4) is 11.4 Å². The van der Waals surface area contributed by atoms with Gasteiger partial charge in [-0.15, -0.1) is 10.2 Å². The van der Waals surface area contributed by atoms with Crippen LogP contribution in [0.3, 0.4) is 0 Å². The molecule has 0 radical (unpaired) electrons. The zero-order chi connectivity index (χ0) is 22.6. The number of carbonyl (C=O) groups excluding carboxylic acids is 1. The van der Waals surface area contributed by atoms with E-state index in [9.17, 15) is 13.2 Å². The molecule has 1 aromatic carbocycles. The molecule has 0 bridgehead atoms. The van der Waals surface area contributed by atoms with E-state index in [4.69, 9.17) is 0 Å². The number of amides is 1. The lowest BCUT2D eigenvalue weighted by molar-refractivity contribution is -0.129. The standard InChI is InChI=1S/C22H25N5O3S2/c1-2-26(19-10-13-32(29,30)16-19)20(28)15-31-22-25-24-21(18-8-11-23-12-9-18)27(22)14-17-6-4-3-5-7-17/h3-9,11-12,19H,2,10,13-16H2,1H3/t19-/m0/s1. The molecule has 168 valence electrons. The van der Waals surface area contributed by atoms with Crippen molar-refractivity contribution in [2.45, 2.75) is 31.1 Å². The summed E-state index contributed by atoms with van der Waals surface area (Å²) in [5.41, 5.74) is 2.00. The van der Waals surface area contributed by atoms with Crippen molar-refractivity contribution in [2.75, 3.05) is 23.8 Å². The van der Waals surface area contributed by atoms with Gasteiger partial charge in [-0.25, -0.2) is 8.42 Å². The molecule has 0 spiro atoms. The Hall–Kier alpha value is -2.72. The third kappa shape index (κ3) is 5.18. The molecule has 1 aliphatic rings. The molecule has 32 heavy (non-hydrogen) atoms. The van der Waals surface area contributed by atoms with Crippen LogP contribution in [0.5, 0.6) is 0 Å². The van der Waals surface area contributed by atoms with Crippen LogP contribution in [0.15, 0.2) is 60.0 Å². The van der Waals surface area contributed by atoms with Crippen molar-refractivity contribution >= 4 is 27.5 Å². The minimum absolute atomic E-state index is 0.0492. The number of hydrogen-bond acceptors (Lipinski definition) is 7. The molecule has 0 saturated carbocycles. The molecular weight excluding hydrogens is 446 g/mol. The van der Waals surface area contributed by atoms with Crippen molar-refractivity contribution < 1.29 is 13.2 Å². The molecule has 0 unspecified atom stereocenters. The van der Waals surface area contributed by atoms with Gasteiger partial charge in [-0.1, -0.05) is 42.1 Å². The monoisotopic (exact) mass is 471 g/mol. The Balaban J connectivity index is 1.54. The van der Waals surface area contributed by atoms with Crippen molar-refractivity contribution in [3.63, 3.8) is 0 Å². The average molecular weight is 472 g/mol. The molecule has 1 atom stereocenters. The van der Waals surface area contributed by atoms with Crippen LogP contribution in [0.2, 0.25) is 0 Å². The van der Waals surface area contributed by atoms with E-state index in [0.29, 0.717) is 30.5 Å². The van der Waals surface area contributed by atoms with Gasteiger partial charge in [-0.05, 0) is 31.0 Å². The molecule has 3 aromatic rings. The van der Waals surface area contributed by atoms with Gasteiger partial charge >= 0.3 is 0 Å². The van der Waals surface area contributed by atoms with Gasteiger partial charge in [0.2, 0.25) is 5.91 Å².